The van der Waals surface area contributed by atoms with Crippen LogP contribution in [0.1, 0.15) is 29.7 Å². The summed E-state index contributed by atoms with van der Waals surface area (Å²) in [5.74, 6) is 1.74. The number of carbonyl (C=O) groups excluding carboxylic acids is 1. The van der Waals surface area contributed by atoms with Crippen LogP contribution in [-0.4, -0.2) is 43.7 Å². The number of hydrogen-bond acceptors (Lipinski definition) is 7. The zero-order chi connectivity index (χ0) is 21.5. The molecule has 4 heterocycles. The number of pyridine rings is 1. The second kappa shape index (κ2) is 7.81. The van der Waals surface area contributed by atoms with E-state index in [9.17, 15) is 4.79 Å². The van der Waals surface area contributed by atoms with Crippen molar-refractivity contribution >= 4 is 35.0 Å². The molecule has 9 nitrogen and oxygen atoms in total. The first-order valence-electron chi connectivity index (χ1n) is 10.3. The fraction of sp³-hybridized carbons (Fsp3) is 0.381. The van der Waals surface area contributed by atoms with Crippen molar-refractivity contribution in [3.8, 4) is 0 Å². The number of fused-ring (bicyclic) bond motifs is 1. The van der Waals surface area contributed by atoms with E-state index in [1.54, 1.807) is 12.3 Å². The van der Waals surface area contributed by atoms with Crippen LogP contribution >= 0.6 is 11.6 Å². The molecule has 0 saturated heterocycles. The Morgan fingerprint density at radius 1 is 1.23 bits per heavy atom. The van der Waals surface area contributed by atoms with E-state index in [0.29, 0.717) is 35.8 Å². The molecule has 10 heteroatoms. The molecular formula is C21H23ClN8O. The fourth-order valence-electron chi connectivity index (χ4n) is 3.94. The minimum absolute atomic E-state index is 0.0354. The molecule has 3 aromatic rings. The lowest BCUT2D eigenvalue weighted by Gasteiger charge is -2.35. The highest BCUT2D eigenvalue weighted by Crippen LogP contribution is 2.41. The molecule has 31 heavy (non-hydrogen) atoms. The van der Waals surface area contributed by atoms with Gasteiger partial charge in [0.25, 0.3) is 0 Å². The van der Waals surface area contributed by atoms with Crippen molar-refractivity contribution in [2.24, 2.45) is 5.92 Å². The average molecular weight is 439 g/mol. The van der Waals surface area contributed by atoms with E-state index in [0.717, 1.165) is 35.5 Å². The first-order valence-corrected chi connectivity index (χ1v) is 10.6. The van der Waals surface area contributed by atoms with Crippen LogP contribution in [0, 0.1) is 12.8 Å². The van der Waals surface area contributed by atoms with Crippen LogP contribution in [0.25, 0.3) is 0 Å². The van der Waals surface area contributed by atoms with Gasteiger partial charge in [-0.15, -0.1) is 0 Å². The third kappa shape index (κ3) is 4.05. The van der Waals surface area contributed by atoms with Crippen molar-refractivity contribution in [1.82, 2.24) is 24.7 Å². The van der Waals surface area contributed by atoms with Crippen LogP contribution in [0.5, 0.6) is 0 Å². The van der Waals surface area contributed by atoms with Gasteiger partial charge in [0.1, 0.15) is 16.9 Å². The van der Waals surface area contributed by atoms with Crippen molar-refractivity contribution in [1.29, 1.82) is 0 Å². The predicted octanol–water partition coefficient (Wildman–Crippen LogP) is 2.86. The standard InChI is InChI=1S/C21H23ClN8O/c1-12-17-19(29(2)18(15-4-5-15)20(31)27-17)28-21(26-12)24-8-14-9-25-30(11-14)10-13-3-6-16(22)23-7-13/h3,6-7,9,11,15,18H,4-5,8,10H2,1-2H3,(H,27,31)(H,24,26,28). The van der Waals surface area contributed by atoms with Crippen molar-refractivity contribution in [3.63, 3.8) is 0 Å². The van der Waals surface area contributed by atoms with E-state index in [2.05, 4.69) is 30.7 Å². The van der Waals surface area contributed by atoms with Gasteiger partial charge in [-0.05, 0) is 37.3 Å². The van der Waals surface area contributed by atoms with Crippen LogP contribution < -0.4 is 15.5 Å². The lowest BCUT2D eigenvalue weighted by atomic mass is 10.1. The first-order chi connectivity index (χ1) is 15.0. The summed E-state index contributed by atoms with van der Waals surface area (Å²) in [5.41, 5.74) is 3.47. The Kier molecular flexibility index (Phi) is 4.97. The third-order valence-corrected chi connectivity index (χ3v) is 5.90. The maximum Gasteiger partial charge on any atom is 0.247 e. The summed E-state index contributed by atoms with van der Waals surface area (Å²) in [6.45, 7) is 3.04. The molecule has 3 aromatic heterocycles. The average Bonchev–Trinajstić information content (AvgIpc) is 3.47. The number of aryl methyl sites for hydroxylation is 1. The Morgan fingerprint density at radius 2 is 2.06 bits per heavy atom. The highest BCUT2D eigenvalue weighted by atomic mass is 35.5. The predicted molar refractivity (Wildman–Crippen MR) is 118 cm³/mol. The van der Waals surface area contributed by atoms with E-state index in [-0.39, 0.29) is 11.9 Å². The molecule has 2 N–H and O–H groups in total. The number of nitrogens with one attached hydrogen (secondary N) is 2. The van der Waals surface area contributed by atoms with Crippen molar-refractivity contribution in [2.45, 2.75) is 38.9 Å². The Hall–Kier alpha value is -3.20. The van der Waals surface area contributed by atoms with Gasteiger partial charge >= 0.3 is 0 Å². The zero-order valence-corrected chi connectivity index (χ0v) is 18.1. The van der Waals surface area contributed by atoms with Gasteiger partial charge in [0.05, 0.1) is 18.4 Å². The van der Waals surface area contributed by atoms with Crippen molar-refractivity contribution < 1.29 is 4.79 Å². The molecular weight excluding hydrogens is 416 g/mol. The maximum atomic E-state index is 12.5. The molecule has 0 radical (unpaired) electrons. The number of rotatable bonds is 6. The topological polar surface area (TPSA) is 101 Å². The van der Waals surface area contributed by atoms with Gasteiger partial charge < -0.3 is 15.5 Å². The summed E-state index contributed by atoms with van der Waals surface area (Å²) in [5, 5.41) is 11.2. The van der Waals surface area contributed by atoms with Gasteiger partial charge in [0.2, 0.25) is 11.9 Å². The van der Waals surface area contributed by atoms with Gasteiger partial charge in [0.15, 0.2) is 5.82 Å². The second-order valence-electron chi connectivity index (χ2n) is 8.10. The lowest BCUT2D eigenvalue weighted by molar-refractivity contribution is -0.118. The molecule has 1 atom stereocenters. The number of hydrogen-bond donors (Lipinski definition) is 2. The zero-order valence-electron chi connectivity index (χ0n) is 17.3. The Bertz CT molecular complexity index is 1120. The van der Waals surface area contributed by atoms with Crippen LogP contribution in [0.2, 0.25) is 5.15 Å². The number of carbonyl (C=O) groups is 1. The van der Waals surface area contributed by atoms with Crippen LogP contribution in [-0.2, 0) is 17.9 Å². The molecule has 5 rings (SSSR count). The fourth-order valence-corrected chi connectivity index (χ4v) is 4.05. The van der Waals surface area contributed by atoms with Gasteiger partial charge in [-0.1, -0.05) is 17.7 Å². The van der Waals surface area contributed by atoms with Gasteiger partial charge in [-0.25, -0.2) is 9.97 Å². The highest BCUT2D eigenvalue weighted by molar-refractivity contribution is 6.29. The van der Waals surface area contributed by atoms with E-state index in [4.69, 9.17) is 11.6 Å². The van der Waals surface area contributed by atoms with Gasteiger partial charge in [-0.3, -0.25) is 9.48 Å². The summed E-state index contributed by atoms with van der Waals surface area (Å²) in [7, 11) is 1.94. The van der Waals surface area contributed by atoms with E-state index < -0.39 is 0 Å². The quantitative estimate of drug-likeness (QED) is 0.570. The lowest BCUT2D eigenvalue weighted by Crippen LogP contribution is -2.48. The molecule has 1 amide bonds. The molecule has 160 valence electrons. The highest BCUT2D eigenvalue weighted by Gasteiger charge is 2.43. The molecule has 0 aromatic carbocycles. The molecule has 1 unspecified atom stereocenters. The summed E-state index contributed by atoms with van der Waals surface area (Å²) in [6.07, 6.45) is 7.71. The van der Waals surface area contributed by atoms with Crippen LogP contribution in [0.4, 0.5) is 17.5 Å². The minimum Gasteiger partial charge on any atom is -0.350 e. The van der Waals surface area contributed by atoms with Crippen LogP contribution in [0.15, 0.2) is 30.7 Å². The summed E-state index contributed by atoms with van der Waals surface area (Å²) >= 11 is 5.84. The van der Waals surface area contributed by atoms with Crippen molar-refractivity contribution in [2.75, 3.05) is 22.6 Å². The normalized spacial score (nSPS) is 18.0. The van der Waals surface area contributed by atoms with E-state index in [1.165, 1.54) is 0 Å². The SMILES string of the molecule is Cc1nc(NCc2cnn(Cc3ccc(Cl)nc3)c2)nc2c1NC(=O)C(C1CC1)N2C. The monoisotopic (exact) mass is 438 g/mol. The molecule has 1 saturated carbocycles. The number of nitrogens with zero attached hydrogens (tertiary/aromatic N) is 6. The second-order valence-corrected chi connectivity index (χ2v) is 8.49. The Labute approximate surface area is 184 Å². The van der Waals surface area contributed by atoms with Crippen LogP contribution in [0.3, 0.4) is 0 Å². The number of aromatic nitrogens is 5. The number of likely N-dealkylation sites (N-methyl/N-ethyl adjacent to an activating group) is 1. The minimum atomic E-state index is -0.157. The number of halogens is 1. The molecule has 1 fully saturated rings. The smallest absolute Gasteiger partial charge is 0.247 e. The Morgan fingerprint density at radius 3 is 2.81 bits per heavy atom. The molecule has 0 spiro atoms. The molecule has 0 bridgehead atoms. The van der Waals surface area contributed by atoms with Gasteiger partial charge in [0, 0.05) is 31.5 Å². The summed E-state index contributed by atoms with van der Waals surface area (Å²) in [6, 6.07) is 3.55. The number of anilines is 3. The van der Waals surface area contributed by atoms with E-state index in [1.807, 2.05) is 42.0 Å². The summed E-state index contributed by atoms with van der Waals surface area (Å²) < 4.78 is 1.85. The van der Waals surface area contributed by atoms with Gasteiger partial charge in [-0.2, -0.15) is 10.1 Å². The summed E-state index contributed by atoms with van der Waals surface area (Å²) in [4.78, 5) is 27.8. The molecule has 1 aliphatic heterocycles. The maximum absolute atomic E-state index is 12.5. The number of amides is 1. The first kappa shape index (κ1) is 19.7. The largest absolute Gasteiger partial charge is 0.350 e. The third-order valence-electron chi connectivity index (χ3n) is 5.68. The Balaban J connectivity index is 1.28. The molecule has 1 aliphatic carbocycles. The molecule has 2 aliphatic rings. The van der Waals surface area contributed by atoms with Crippen molar-refractivity contribution in [3.05, 3.63) is 52.7 Å². The van der Waals surface area contributed by atoms with E-state index >= 15 is 0 Å².